The average Bonchev–Trinajstić information content (AvgIpc) is 2.47. The number of carbonyl (C=O) groups is 1. The Labute approximate surface area is 126 Å². The maximum Gasteiger partial charge on any atom is 0.328 e. The summed E-state index contributed by atoms with van der Waals surface area (Å²) in [6.07, 6.45) is 1.36. The van der Waals surface area contributed by atoms with Gasteiger partial charge in [0, 0.05) is 17.4 Å². The molecule has 116 valence electrons. The predicted molar refractivity (Wildman–Crippen MR) is 82.3 cm³/mol. The SMILES string of the molecule is CCOc1ccc(NC(=O)Cn2cc(C)c(=O)[nH]c2=O)cc1. The zero-order valence-corrected chi connectivity index (χ0v) is 12.4. The monoisotopic (exact) mass is 303 g/mol. The summed E-state index contributed by atoms with van der Waals surface area (Å²) in [5.41, 5.74) is -0.0956. The van der Waals surface area contributed by atoms with E-state index < -0.39 is 11.2 Å². The molecule has 1 amide bonds. The fraction of sp³-hybridized carbons (Fsp3) is 0.267. The van der Waals surface area contributed by atoms with Gasteiger partial charge in [0.05, 0.1) is 6.61 Å². The van der Waals surface area contributed by atoms with Crippen molar-refractivity contribution in [1.82, 2.24) is 9.55 Å². The van der Waals surface area contributed by atoms with Gasteiger partial charge >= 0.3 is 5.69 Å². The fourth-order valence-corrected chi connectivity index (χ4v) is 1.89. The number of nitrogens with zero attached hydrogens (tertiary/aromatic N) is 1. The Hall–Kier alpha value is -2.83. The molecule has 1 aromatic heterocycles. The van der Waals surface area contributed by atoms with Crippen molar-refractivity contribution in [3.63, 3.8) is 0 Å². The molecule has 0 saturated heterocycles. The van der Waals surface area contributed by atoms with E-state index in [1.165, 1.54) is 6.20 Å². The molecule has 0 spiro atoms. The lowest BCUT2D eigenvalue weighted by Crippen LogP contribution is -2.34. The predicted octanol–water partition coefficient (Wildman–Crippen LogP) is 0.882. The number of nitrogens with one attached hydrogen (secondary N) is 2. The number of amides is 1. The van der Waals surface area contributed by atoms with Crippen LogP contribution in [0.25, 0.3) is 0 Å². The van der Waals surface area contributed by atoms with Gasteiger partial charge in [-0.25, -0.2) is 4.79 Å². The fourth-order valence-electron chi connectivity index (χ4n) is 1.89. The largest absolute Gasteiger partial charge is 0.494 e. The number of aromatic nitrogens is 2. The number of anilines is 1. The minimum absolute atomic E-state index is 0.177. The number of rotatable bonds is 5. The summed E-state index contributed by atoms with van der Waals surface area (Å²) in [5, 5.41) is 2.67. The first-order chi connectivity index (χ1) is 10.5. The summed E-state index contributed by atoms with van der Waals surface area (Å²) < 4.78 is 6.46. The summed E-state index contributed by atoms with van der Waals surface area (Å²) >= 11 is 0. The Morgan fingerprint density at radius 1 is 1.27 bits per heavy atom. The maximum atomic E-state index is 11.9. The Bertz CT molecular complexity index is 775. The van der Waals surface area contributed by atoms with Crippen molar-refractivity contribution in [3.05, 3.63) is 56.9 Å². The lowest BCUT2D eigenvalue weighted by Gasteiger charge is -2.08. The van der Waals surface area contributed by atoms with Crippen molar-refractivity contribution in [2.24, 2.45) is 0 Å². The molecule has 0 aliphatic rings. The third kappa shape index (κ3) is 3.85. The molecule has 0 aliphatic heterocycles. The molecule has 0 bridgehead atoms. The highest BCUT2D eigenvalue weighted by Crippen LogP contribution is 2.15. The number of aromatic amines is 1. The zero-order chi connectivity index (χ0) is 16.1. The smallest absolute Gasteiger partial charge is 0.328 e. The molecule has 0 fully saturated rings. The molecule has 0 aliphatic carbocycles. The number of ether oxygens (including phenoxy) is 1. The number of benzene rings is 1. The second-order valence-corrected chi connectivity index (χ2v) is 4.70. The van der Waals surface area contributed by atoms with E-state index in [1.54, 1.807) is 31.2 Å². The van der Waals surface area contributed by atoms with Crippen molar-refractivity contribution < 1.29 is 9.53 Å². The van der Waals surface area contributed by atoms with Crippen LogP contribution >= 0.6 is 0 Å². The van der Waals surface area contributed by atoms with Crippen LogP contribution < -0.4 is 21.3 Å². The van der Waals surface area contributed by atoms with E-state index in [9.17, 15) is 14.4 Å². The van der Waals surface area contributed by atoms with Crippen molar-refractivity contribution >= 4 is 11.6 Å². The summed E-state index contributed by atoms with van der Waals surface area (Å²) in [7, 11) is 0. The number of H-pyrrole nitrogens is 1. The highest BCUT2D eigenvalue weighted by atomic mass is 16.5. The highest BCUT2D eigenvalue weighted by molar-refractivity contribution is 5.90. The summed E-state index contributed by atoms with van der Waals surface area (Å²) in [5.74, 6) is 0.352. The Morgan fingerprint density at radius 2 is 1.95 bits per heavy atom. The van der Waals surface area contributed by atoms with E-state index in [-0.39, 0.29) is 12.5 Å². The molecule has 2 rings (SSSR count). The van der Waals surface area contributed by atoms with E-state index in [0.29, 0.717) is 23.6 Å². The van der Waals surface area contributed by atoms with Gasteiger partial charge in [0.1, 0.15) is 12.3 Å². The normalized spacial score (nSPS) is 10.3. The van der Waals surface area contributed by atoms with Gasteiger partial charge < -0.3 is 10.1 Å². The van der Waals surface area contributed by atoms with Gasteiger partial charge in [0.25, 0.3) is 5.56 Å². The summed E-state index contributed by atoms with van der Waals surface area (Å²) in [6.45, 7) is 3.85. The molecule has 7 heteroatoms. The summed E-state index contributed by atoms with van der Waals surface area (Å²) in [4.78, 5) is 37.0. The van der Waals surface area contributed by atoms with Crippen LogP contribution in [0.3, 0.4) is 0 Å². The van der Waals surface area contributed by atoms with Crippen LogP contribution in [0, 0.1) is 6.92 Å². The van der Waals surface area contributed by atoms with Crippen LogP contribution in [0.15, 0.2) is 40.1 Å². The standard InChI is InChI=1S/C15H17N3O4/c1-3-22-12-6-4-11(5-7-12)16-13(19)9-18-8-10(2)14(20)17-15(18)21/h4-8H,3,9H2,1-2H3,(H,16,19)(H,17,20,21). The van der Waals surface area contributed by atoms with Crippen LogP contribution in [0.1, 0.15) is 12.5 Å². The molecule has 7 nitrogen and oxygen atoms in total. The molecule has 22 heavy (non-hydrogen) atoms. The number of hydrogen-bond acceptors (Lipinski definition) is 4. The lowest BCUT2D eigenvalue weighted by molar-refractivity contribution is -0.116. The third-order valence-corrected chi connectivity index (χ3v) is 2.95. The van der Waals surface area contributed by atoms with Gasteiger partial charge in [-0.3, -0.25) is 19.1 Å². The van der Waals surface area contributed by atoms with Crippen molar-refractivity contribution in [2.75, 3.05) is 11.9 Å². The Kier molecular flexibility index (Phi) is 4.77. The van der Waals surface area contributed by atoms with Gasteiger partial charge in [-0.15, -0.1) is 0 Å². The highest BCUT2D eigenvalue weighted by Gasteiger charge is 2.07. The van der Waals surface area contributed by atoms with Crippen LogP contribution in [-0.2, 0) is 11.3 Å². The van der Waals surface area contributed by atoms with Gasteiger partial charge in [0.15, 0.2) is 0 Å². The quantitative estimate of drug-likeness (QED) is 0.857. The molecule has 1 heterocycles. The van der Waals surface area contributed by atoms with Gasteiger partial charge in [0.2, 0.25) is 5.91 Å². The minimum atomic E-state index is -0.613. The van der Waals surface area contributed by atoms with Gasteiger partial charge in [-0.1, -0.05) is 0 Å². The van der Waals surface area contributed by atoms with Crippen molar-refractivity contribution in [3.8, 4) is 5.75 Å². The van der Waals surface area contributed by atoms with Crippen LogP contribution in [0.2, 0.25) is 0 Å². The average molecular weight is 303 g/mol. The molecule has 0 radical (unpaired) electrons. The molecule has 1 aromatic carbocycles. The van der Waals surface area contributed by atoms with Crippen LogP contribution in [0.5, 0.6) is 5.75 Å². The van der Waals surface area contributed by atoms with E-state index in [0.717, 1.165) is 4.57 Å². The lowest BCUT2D eigenvalue weighted by atomic mass is 10.3. The second-order valence-electron chi connectivity index (χ2n) is 4.70. The first-order valence-corrected chi connectivity index (χ1v) is 6.82. The molecule has 0 saturated carbocycles. The topological polar surface area (TPSA) is 93.2 Å². The Morgan fingerprint density at radius 3 is 2.59 bits per heavy atom. The summed E-state index contributed by atoms with van der Waals surface area (Å²) in [6, 6.07) is 6.92. The number of hydrogen-bond donors (Lipinski definition) is 2. The first-order valence-electron chi connectivity index (χ1n) is 6.82. The molecule has 2 aromatic rings. The Balaban J connectivity index is 2.05. The van der Waals surface area contributed by atoms with E-state index in [4.69, 9.17) is 4.74 Å². The van der Waals surface area contributed by atoms with E-state index in [1.807, 2.05) is 6.92 Å². The van der Waals surface area contributed by atoms with E-state index in [2.05, 4.69) is 10.3 Å². The molecule has 0 unspecified atom stereocenters. The first kappa shape index (κ1) is 15.6. The zero-order valence-electron chi connectivity index (χ0n) is 12.4. The van der Waals surface area contributed by atoms with Crippen molar-refractivity contribution in [1.29, 1.82) is 0 Å². The van der Waals surface area contributed by atoms with Crippen molar-refractivity contribution in [2.45, 2.75) is 20.4 Å². The van der Waals surface area contributed by atoms with Crippen LogP contribution in [0.4, 0.5) is 5.69 Å². The molecule has 2 N–H and O–H groups in total. The molecule has 0 atom stereocenters. The second kappa shape index (κ2) is 6.75. The molecular weight excluding hydrogens is 286 g/mol. The van der Waals surface area contributed by atoms with E-state index >= 15 is 0 Å². The molecular formula is C15H17N3O4. The number of carbonyl (C=O) groups excluding carboxylic acids is 1. The minimum Gasteiger partial charge on any atom is -0.494 e. The van der Waals surface area contributed by atoms with Crippen LogP contribution in [-0.4, -0.2) is 22.1 Å². The van der Waals surface area contributed by atoms with Gasteiger partial charge in [-0.05, 0) is 38.1 Å². The van der Waals surface area contributed by atoms with Gasteiger partial charge in [-0.2, -0.15) is 0 Å². The third-order valence-electron chi connectivity index (χ3n) is 2.95. The number of aryl methyl sites for hydroxylation is 1. The maximum absolute atomic E-state index is 11.9.